The van der Waals surface area contributed by atoms with E-state index in [1.807, 2.05) is 0 Å². The number of ether oxygens (including phenoxy) is 1. The number of aliphatic hydroxyl groups is 2. The zero-order valence-corrected chi connectivity index (χ0v) is 45.1. The van der Waals surface area contributed by atoms with Crippen LogP contribution in [-0.2, 0) is 14.3 Å². The van der Waals surface area contributed by atoms with Crippen LogP contribution < -0.4 is 5.32 Å². The van der Waals surface area contributed by atoms with Crippen LogP contribution in [0.1, 0.15) is 328 Å². The lowest BCUT2D eigenvalue weighted by Gasteiger charge is -2.22. The van der Waals surface area contributed by atoms with Crippen molar-refractivity contribution in [2.24, 2.45) is 0 Å². The van der Waals surface area contributed by atoms with E-state index in [1.54, 1.807) is 0 Å². The lowest BCUT2D eigenvalue weighted by molar-refractivity contribution is -0.143. The molecule has 6 nitrogen and oxygen atoms in total. The minimum atomic E-state index is -0.667. The summed E-state index contributed by atoms with van der Waals surface area (Å²) in [6.45, 7) is 4.96. The highest BCUT2D eigenvalue weighted by atomic mass is 16.5. The first-order valence-corrected chi connectivity index (χ1v) is 30.1. The quantitative estimate of drug-likeness (QED) is 0.0321. The third kappa shape index (κ3) is 53.5. The summed E-state index contributed by atoms with van der Waals surface area (Å²) < 4.78 is 5.46. The summed E-state index contributed by atoms with van der Waals surface area (Å²) in [4.78, 5) is 24.5. The Kier molecular flexibility index (Phi) is 55.5. The molecule has 0 radical (unpaired) electrons. The van der Waals surface area contributed by atoms with Crippen molar-refractivity contribution in [3.8, 4) is 0 Å². The molecule has 0 aliphatic rings. The van der Waals surface area contributed by atoms with Crippen molar-refractivity contribution in [3.05, 3.63) is 24.3 Å². The second kappa shape index (κ2) is 56.9. The smallest absolute Gasteiger partial charge is 0.305 e. The number of unbranched alkanes of at least 4 members (excludes halogenated alkanes) is 41. The highest BCUT2D eigenvalue weighted by Gasteiger charge is 2.20. The van der Waals surface area contributed by atoms with Crippen molar-refractivity contribution in [1.29, 1.82) is 0 Å². The molecule has 0 bridgehead atoms. The Bertz CT molecular complexity index is 1040. The molecule has 6 heteroatoms. The fourth-order valence-corrected chi connectivity index (χ4v) is 9.38. The summed E-state index contributed by atoms with van der Waals surface area (Å²) in [6.07, 6.45) is 69.0. The number of esters is 1. The molecule has 0 spiro atoms. The first-order valence-electron chi connectivity index (χ1n) is 30.1. The van der Waals surface area contributed by atoms with Crippen LogP contribution in [0.15, 0.2) is 24.3 Å². The zero-order valence-electron chi connectivity index (χ0n) is 45.1. The predicted molar refractivity (Wildman–Crippen MR) is 292 cm³/mol. The Labute approximate surface area is 418 Å². The van der Waals surface area contributed by atoms with Gasteiger partial charge in [-0.3, -0.25) is 9.59 Å². The number of aliphatic hydroxyl groups excluding tert-OH is 2. The number of rotatable bonds is 56. The normalized spacial score (nSPS) is 12.7. The summed E-state index contributed by atoms with van der Waals surface area (Å²) in [7, 11) is 0. The largest absolute Gasteiger partial charge is 0.466 e. The number of hydrogen-bond donors (Lipinski definition) is 3. The molecule has 396 valence electrons. The van der Waals surface area contributed by atoms with Gasteiger partial charge in [0.15, 0.2) is 0 Å². The molecule has 0 aliphatic heterocycles. The standard InChI is InChI=1S/C61H117NO5/c1-3-5-7-9-11-13-15-16-30-34-37-41-45-49-53-59(64)58(57-63)62-60(65)54-50-46-42-38-35-31-28-26-24-22-20-18-17-19-21-23-25-27-29-32-36-40-44-48-52-56-67-61(66)55-51-47-43-39-33-14-12-10-8-6-4-2/h18-21,58-59,63-64H,3-17,22-57H2,1-2H3,(H,62,65)/b20-18-,21-19-. The van der Waals surface area contributed by atoms with Crippen LogP contribution in [0, 0.1) is 0 Å². The van der Waals surface area contributed by atoms with E-state index < -0.39 is 12.1 Å². The van der Waals surface area contributed by atoms with Crippen LogP contribution in [-0.4, -0.2) is 47.4 Å². The first kappa shape index (κ1) is 65.3. The number of hydrogen-bond acceptors (Lipinski definition) is 5. The second-order valence-electron chi connectivity index (χ2n) is 20.7. The van der Waals surface area contributed by atoms with Crippen LogP contribution in [0.25, 0.3) is 0 Å². The van der Waals surface area contributed by atoms with E-state index in [4.69, 9.17) is 4.74 Å². The van der Waals surface area contributed by atoms with Gasteiger partial charge in [0.2, 0.25) is 5.91 Å². The number of nitrogens with one attached hydrogen (secondary N) is 1. The van der Waals surface area contributed by atoms with E-state index in [1.165, 1.54) is 250 Å². The summed E-state index contributed by atoms with van der Waals surface area (Å²) in [5.74, 6) is -0.0309. The zero-order chi connectivity index (χ0) is 48.6. The highest BCUT2D eigenvalue weighted by molar-refractivity contribution is 5.76. The van der Waals surface area contributed by atoms with Gasteiger partial charge in [-0.2, -0.15) is 0 Å². The average Bonchev–Trinajstić information content (AvgIpc) is 3.33. The third-order valence-corrected chi connectivity index (χ3v) is 14.0. The molecule has 0 heterocycles. The van der Waals surface area contributed by atoms with Crippen LogP contribution in [0.3, 0.4) is 0 Å². The third-order valence-electron chi connectivity index (χ3n) is 14.0. The summed E-state index contributed by atoms with van der Waals surface area (Å²) in [5.41, 5.74) is 0. The SMILES string of the molecule is CCCCCCCCCCCCCCCCC(O)C(CO)NC(=O)CCCCCCCCCCC/C=C\C/C=C\CCCCCCCCCCCOC(=O)CCCCCCCCCCCCC. The van der Waals surface area contributed by atoms with E-state index in [0.29, 0.717) is 25.9 Å². The van der Waals surface area contributed by atoms with Gasteiger partial charge in [0.25, 0.3) is 0 Å². The molecule has 1 amide bonds. The summed E-state index contributed by atoms with van der Waals surface area (Å²) in [6, 6.07) is -0.545. The molecule has 0 aromatic heterocycles. The molecule has 3 N–H and O–H groups in total. The predicted octanol–water partition coefficient (Wildman–Crippen LogP) is 18.6. The number of carbonyl (C=O) groups is 2. The van der Waals surface area contributed by atoms with Crippen molar-refractivity contribution in [3.63, 3.8) is 0 Å². The monoisotopic (exact) mass is 944 g/mol. The van der Waals surface area contributed by atoms with Crippen LogP contribution >= 0.6 is 0 Å². The number of allylic oxidation sites excluding steroid dienone is 4. The maximum atomic E-state index is 12.5. The van der Waals surface area contributed by atoms with Crippen molar-refractivity contribution in [2.75, 3.05) is 13.2 Å². The summed E-state index contributed by atoms with van der Waals surface area (Å²) >= 11 is 0. The average molecular weight is 945 g/mol. The Balaban J connectivity index is 3.43. The van der Waals surface area contributed by atoms with Crippen LogP contribution in [0.4, 0.5) is 0 Å². The van der Waals surface area contributed by atoms with Gasteiger partial charge in [-0.15, -0.1) is 0 Å². The van der Waals surface area contributed by atoms with Gasteiger partial charge >= 0.3 is 5.97 Å². The fraction of sp³-hybridized carbons (Fsp3) is 0.902. The van der Waals surface area contributed by atoms with Crippen LogP contribution in [0.5, 0.6) is 0 Å². The molecule has 67 heavy (non-hydrogen) atoms. The lowest BCUT2D eigenvalue weighted by atomic mass is 10.0. The number of carbonyl (C=O) groups excluding carboxylic acids is 2. The second-order valence-corrected chi connectivity index (χ2v) is 20.7. The number of amides is 1. The molecule has 2 unspecified atom stereocenters. The van der Waals surface area contributed by atoms with Crippen molar-refractivity contribution < 1.29 is 24.5 Å². The van der Waals surface area contributed by atoms with Gasteiger partial charge in [0, 0.05) is 12.8 Å². The van der Waals surface area contributed by atoms with E-state index in [-0.39, 0.29) is 18.5 Å². The molecule has 0 aromatic rings. The minimum absolute atomic E-state index is 0.00885. The Hall–Kier alpha value is -1.66. The van der Waals surface area contributed by atoms with Crippen molar-refractivity contribution in [1.82, 2.24) is 5.32 Å². The molecule has 0 fully saturated rings. The van der Waals surface area contributed by atoms with Gasteiger partial charge < -0.3 is 20.3 Å². The molecular weight excluding hydrogens is 827 g/mol. The molecule has 0 aromatic carbocycles. The van der Waals surface area contributed by atoms with E-state index in [0.717, 1.165) is 44.9 Å². The van der Waals surface area contributed by atoms with Gasteiger partial charge in [0.05, 0.1) is 25.4 Å². The summed E-state index contributed by atoms with van der Waals surface area (Å²) in [5, 5.41) is 23.3. The fourth-order valence-electron chi connectivity index (χ4n) is 9.38. The lowest BCUT2D eigenvalue weighted by Crippen LogP contribution is -2.45. The maximum Gasteiger partial charge on any atom is 0.305 e. The van der Waals surface area contributed by atoms with Crippen LogP contribution in [0.2, 0.25) is 0 Å². The molecule has 0 saturated carbocycles. The van der Waals surface area contributed by atoms with E-state index >= 15 is 0 Å². The molecule has 2 atom stereocenters. The van der Waals surface area contributed by atoms with Gasteiger partial charge in [-0.1, -0.05) is 282 Å². The van der Waals surface area contributed by atoms with Crippen molar-refractivity contribution >= 4 is 11.9 Å². The Morgan fingerprint density at radius 2 is 0.746 bits per heavy atom. The molecular formula is C61H117NO5. The van der Waals surface area contributed by atoms with Gasteiger partial charge in [0.1, 0.15) is 0 Å². The molecule has 0 aliphatic carbocycles. The van der Waals surface area contributed by atoms with Crippen molar-refractivity contribution in [2.45, 2.75) is 341 Å². The van der Waals surface area contributed by atoms with Gasteiger partial charge in [-0.25, -0.2) is 0 Å². The first-order chi connectivity index (χ1) is 33.0. The van der Waals surface area contributed by atoms with Gasteiger partial charge in [-0.05, 0) is 57.8 Å². The van der Waals surface area contributed by atoms with E-state index in [9.17, 15) is 19.8 Å². The Morgan fingerprint density at radius 3 is 1.13 bits per heavy atom. The minimum Gasteiger partial charge on any atom is -0.466 e. The topological polar surface area (TPSA) is 95.9 Å². The Morgan fingerprint density at radius 1 is 0.418 bits per heavy atom. The van der Waals surface area contributed by atoms with E-state index in [2.05, 4.69) is 43.5 Å². The maximum absolute atomic E-state index is 12.5. The molecule has 0 saturated heterocycles. The highest BCUT2D eigenvalue weighted by Crippen LogP contribution is 2.17. The molecule has 0 rings (SSSR count).